The Morgan fingerprint density at radius 2 is 1.62 bits per heavy atom. The van der Waals surface area contributed by atoms with Crippen LogP contribution in [-0.2, 0) is 27.0 Å². The van der Waals surface area contributed by atoms with E-state index in [-0.39, 0.29) is 17.7 Å². The maximum absolute atomic E-state index is 13.0. The molecule has 0 spiro atoms. The number of fused-ring (bicyclic) bond motifs is 1. The number of para-hydroxylation sites is 1. The van der Waals surface area contributed by atoms with Crippen molar-refractivity contribution < 1.29 is 13.2 Å². The van der Waals surface area contributed by atoms with Gasteiger partial charge in [0.1, 0.15) is 0 Å². The zero-order valence-corrected chi connectivity index (χ0v) is 17.5. The molecule has 0 bridgehead atoms. The minimum Gasteiger partial charge on any atom is -0.308 e. The van der Waals surface area contributed by atoms with E-state index in [1.165, 1.54) is 5.56 Å². The number of carbonyl (C=O) groups excluding carboxylic acids is 1. The first-order valence-electron chi connectivity index (χ1n) is 10.1. The number of carbonyl (C=O) groups is 1. The lowest BCUT2D eigenvalue weighted by molar-refractivity contribution is -0.120. The van der Waals surface area contributed by atoms with Crippen LogP contribution in [0.1, 0.15) is 18.1 Å². The summed E-state index contributed by atoms with van der Waals surface area (Å²) < 4.78 is 27.0. The number of amides is 1. The van der Waals surface area contributed by atoms with Gasteiger partial charge in [-0.15, -0.1) is 0 Å². The van der Waals surface area contributed by atoms with Gasteiger partial charge in [0, 0.05) is 37.9 Å². The number of nitrogens with zero attached hydrogens (tertiary/aromatic N) is 3. The van der Waals surface area contributed by atoms with E-state index in [4.69, 9.17) is 0 Å². The first kappa shape index (κ1) is 20.1. The fourth-order valence-electron chi connectivity index (χ4n) is 4.26. The summed E-state index contributed by atoms with van der Waals surface area (Å²) in [4.78, 5) is 16.9. The Morgan fingerprint density at radius 1 is 0.966 bits per heavy atom. The van der Waals surface area contributed by atoms with Crippen LogP contribution in [0.3, 0.4) is 0 Å². The van der Waals surface area contributed by atoms with Crippen molar-refractivity contribution in [2.75, 3.05) is 37.6 Å². The summed E-state index contributed by atoms with van der Waals surface area (Å²) in [6.45, 7) is 4.40. The number of piperazine rings is 1. The molecule has 6 nitrogen and oxygen atoms in total. The molecule has 154 valence electrons. The lowest BCUT2D eigenvalue weighted by Gasteiger charge is -2.35. The van der Waals surface area contributed by atoms with E-state index >= 15 is 0 Å². The summed E-state index contributed by atoms with van der Waals surface area (Å²) in [6.07, 6.45) is 0.882. The average Bonchev–Trinajstić information content (AvgIpc) is 3.04. The van der Waals surface area contributed by atoms with Crippen LogP contribution in [0.15, 0.2) is 54.6 Å². The Morgan fingerprint density at radius 3 is 2.34 bits per heavy atom. The van der Waals surface area contributed by atoms with Crippen LogP contribution >= 0.6 is 0 Å². The summed E-state index contributed by atoms with van der Waals surface area (Å²) in [5, 5.41) is 0. The maximum Gasteiger partial charge on any atom is 0.241 e. The van der Waals surface area contributed by atoms with E-state index in [1.54, 1.807) is 4.31 Å². The molecule has 1 saturated heterocycles. The number of anilines is 1. The topological polar surface area (TPSA) is 60.9 Å². The van der Waals surface area contributed by atoms with Crippen molar-refractivity contribution in [2.45, 2.75) is 25.1 Å². The molecule has 0 aromatic heterocycles. The van der Waals surface area contributed by atoms with Crippen molar-refractivity contribution in [3.63, 3.8) is 0 Å². The molecule has 29 heavy (non-hydrogen) atoms. The molecule has 0 aliphatic carbocycles. The second kappa shape index (κ2) is 8.26. The fraction of sp³-hybridized carbons (Fsp3) is 0.409. The maximum atomic E-state index is 13.0. The largest absolute Gasteiger partial charge is 0.308 e. The highest BCUT2D eigenvalue weighted by Gasteiger charge is 2.33. The van der Waals surface area contributed by atoms with Crippen LogP contribution in [0.2, 0.25) is 0 Å². The van der Waals surface area contributed by atoms with E-state index in [2.05, 4.69) is 17.9 Å². The number of sulfonamides is 1. The van der Waals surface area contributed by atoms with Crippen LogP contribution in [0.25, 0.3) is 0 Å². The number of rotatable bonds is 5. The van der Waals surface area contributed by atoms with E-state index < -0.39 is 10.0 Å². The van der Waals surface area contributed by atoms with Gasteiger partial charge < -0.3 is 4.90 Å². The number of hydrogen-bond donors (Lipinski definition) is 0. The third kappa shape index (κ3) is 4.37. The quantitative estimate of drug-likeness (QED) is 0.753. The van der Waals surface area contributed by atoms with Crippen LogP contribution in [0, 0.1) is 0 Å². The summed E-state index contributed by atoms with van der Waals surface area (Å²) in [6, 6.07) is 17.5. The molecule has 2 heterocycles. The van der Waals surface area contributed by atoms with Crippen LogP contribution in [-0.4, -0.2) is 62.3 Å². The van der Waals surface area contributed by atoms with Crippen molar-refractivity contribution in [1.82, 2.24) is 9.21 Å². The van der Waals surface area contributed by atoms with Crippen LogP contribution < -0.4 is 4.90 Å². The molecule has 0 saturated carbocycles. The van der Waals surface area contributed by atoms with Crippen molar-refractivity contribution in [3.8, 4) is 0 Å². The molecular formula is C22H27N3O3S. The molecule has 0 radical (unpaired) electrons. The zero-order valence-electron chi connectivity index (χ0n) is 16.7. The van der Waals surface area contributed by atoms with Gasteiger partial charge in [0.05, 0.1) is 12.3 Å². The second-order valence-electron chi connectivity index (χ2n) is 7.86. The lowest BCUT2D eigenvalue weighted by Crippen LogP contribution is -2.52. The second-order valence-corrected chi connectivity index (χ2v) is 9.83. The highest BCUT2D eigenvalue weighted by Crippen LogP contribution is 2.31. The Labute approximate surface area is 172 Å². The van der Waals surface area contributed by atoms with E-state index in [0.717, 1.165) is 17.7 Å². The fourth-order valence-corrected chi connectivity index (χ4v) is 5.77. The first-order chi connectivity index (χ1) is 13.9. The standard InChI is InChI=1S/C22H27N3O3S/c1-18-15-20-9-5-6-10-21(20)25(18)22(26)16-23-11-13-24(14-12-23)29(27,28)17-19-7-3-2-4-8-19/h2-10,18H,11-17H2,1H3/t18-/m1/s1. The number of benzene rings is 2. The molecule has 0 N–H and O–H groups in total. The molecule has 7 heteroatoms. The Kier molecular flexibility index (Phi) is 5.72. The smallest absolute Gasteiger partial charge is 0.241 e. The van der Waals surface area contributed by atoms with Gasteiger partial charge >= 0.3 is 0 Å². The van der Waals surface area contributed by atoms with Gasteiger partial charge in [-0.05, 0) is 30.5 Å². The lowest BCUT2D eigenvalue weighted by atomic mass is 10.1. The normalized spacial score (nSPS) is 20.6. The van der Waals surface area contributed by atoms with Crippen molar-refractivity contribution in [3.05, 3.63) is 65.7 Å². The summed E-state index contributed by atoms with van der Waals surface area (Å²) >= 11 is 0. The Balaban J connectivity index is 1.34. The first-order valence-corrected chi connectivity index (χ1v) is 11.7. The van der Waals surface area contributed by atoms with Gasteiger partial charge in [-0.25, -0.2) is 8.42 Å². The van der Waals surface area contributed by atoms with Crippen molar-refractivity contribution >= 4 is 21.6 Å². The molecule has 2 aromatic rings. The predicted molar refractivity (Wildman–Crippen MR) is 114 cm³/mol. The number of hydrogen-bond acceptors (Lipinski definition) is 4. The molecule has 4 rings (SSSR count). The molecule has 2 aromatic carbocycles. The molecule has 1 atom stereocenters. The summed E-state index contributed by atoms with van der Waals surface area (Å²) in [5.74, 6) is 0.109. The monoisotopic (exact) mass is 413 g/mol. The van der Waals surface area contributed by atoms with Gasteiger partial charge in [0.2, 0.25) is 15.9 Å². The Hall–Kier alpha value is -2.22. The molecule has 0 unspecified atom stereocenters. The minimum atomic E-state index is -3.34. The van der Waals surface area contributed by atoms with Crippen molar-refractivity contribution in [2.24, 2.45) is 0 Å². The third-order valence-electron chi connectivity index (χ3n) is 5.75. The third-order valence-corrected chi connectivity index (χ3v) is 7.60. The predicted octanol–water partition coefficient (Wildman–Crippen LogP) is 2.11. The molecule has 1 fully saturated rings. The SMILES string of the molecule is C[C@@H]1Cc2ccccc2N1C(=O)CN1CCN(S(=O)(=O)Cc2ccccc2)CC1. The van der Waals surface area contributed by atoms with E-state index in [1.807, 2.05) is 53.4 Å². The van der Waals surface area contributed by atoms with Crippen molar-refractivity contribution in [1.29, 1.82) is 0 Å². The van der Waals surface area contributed by atoms with E-state index in [9.17, 15) is 13.2 Å². The van der Waals surface area contributed by atoms with Crippen LogP contribution in [0.4, 0.5) is 5.69 Å². The Bertz CT molecular complexity index is 970. The molecule has 1 amide bonds. The average molecular weight is 414 g/mol. The highest BCUT2D eigenvalue weighted by atomic mass is 32.2. The zero-order chi connectivity index (χ0) is 20.4. The molecule has 2 aliphatic rings. The van der Waals surface area contributed by atoms with Gasteiger partial charge in [-0.1, -0.05) is 48.5 Å². The van der Waals surface area contributed by atoms with Crippen LogP contribution in [0.5, 0.6) is 0 Å². The van der Waals surface area contributed by atoms with Gasteiger partial charge in [0.15, 0.2) is 0 Å². The summed E-state index contributed by atoms with van der Waals surface area (Å²) in [7, 11) is -3.34. The summed E-state index contributed by atoms with van der Waals surface area (Å²) in [5.41, 5.74) is 3.02. The minimum absolute atomic E-state index is 0.0227. The molecular weight excluding hydrogens is 386 g/mol. The molecule has 2 aliphatic heterocycles. The van der Waals surface area contributed by atoms with Gasteiger partial charge in [0.25, 0.3) is 0 Å². The van der Waals surface area contributed by atoms with Gasteiger partial charge in [-0.2, -0.15) is 4.31 Å². The van der Waals surface area contributed by atoms with Gasteiger partial charge in [-0.3, -0.25) is 9.69 Å². The van der Waals surface area contributed by atoms with E-state index in [0.29, 0.717) is 32.7 Å². The highest BCUT2D eigenvalue weighted by molar-refractivity contribution is 7.88.